The maximum atomic E-state index is 11.1. The summed E-state index contributed by atoms with van der Waals surface area (Å²) in [5.74, 6) is -0.490. The number of Topliss-reactive ketones (excluding diaryl/α,β-unsaturated/α-hetero) is 1. The second-order valence-corrected chi connectivity index (χ2v) is 4.90. The Hall–Kier alpha value is -1.20. The molecule has 76 valence electrons. The fourth-order valence-corrected chi connectivity index (χ4v) is 1.66. The quantitative estimate of drug-likeness (QED) is 0.733. The molecule has 0 spiro atoms. The second-order valence-electron chi connectivity index (χ2n) is 2.88. The zero-order chi connectivity index (χ0) is 10.8. The molecule has 0 radical (unpaired) electrons. The third-order valence-corrected chi connectivity index (χ3v) is 2.84. The molecule has 0 bridgehead atoms. The van der Waals surface area contributed by atoms with Crippen molar-refractivity contribution in [3.8, 4) is 0 Å². The third-order valence-electron chi connectivity index (χ3n) is 1.73. The van der Waals surface area contributed by atoms with Crippen molar-refractivity contribution in [3.05, 3.63) is 29.8 Å². The van der Waals surface area contributed by atoms with E-state index in [1.807, 2.05) is 0 Å². The first-order chi connectivity index (χ1) is 6.45. The predicted molar refractivity (Wildman–Crippen MR) is 51.0 cm³/mol. The fourth-order valence-electron chi connectivity index (χ4n) is 0.991. The van der Waals surface area contributed by atoms with Crippen LogP contribution in [0, 0.1) is 0 Å². The summed E-state index contributed by atoms with van der Waals surface area (Å²) in [5.41, 5.74) is 0.204. The summed E-state index contributed by atoms with van der Waals surface area (Å²) in [6.45, 7) is -0.618. The van der Waals surface area contributed by atoms with E-state index < -0.39 is 22.2 Å². The number of aliphatic hydroxyl groups is 1. The van der Waals surface area contributed by atoms with Crippen molar-refractivity contribution in [1.82, 2.24) is 0 Å². The molecule has 0 aliphatic rings. The molecule has 0 aromatic heterocycles. The van der Waals surface area contributed by atoms with Gasteiger partial charge in [-0.2, -0.15) is 0 Å². The Bertz CT molecular complexity index is 448. The first-order valence-electron chi connectivity index (χ1n) is 3.89. The number of benzene rings is 1. The minimum Gasteiger partial charge on any atom is -0.388 e. The molecule has 0 atom stereocenters. The van der Waals surface area contributed by atoms with Gasteiger partial charge in [0.15, 0.2) is 15.6 Å². The summed E-state index contributed by atoms with van der Waals surface area (Å²) in [5, 5.41) is 8.58. The highest BCUT2D eigenvalue weighted by Crippen LogP contribution is 2.11. The maximum Gasteiger partial charge on any atom is 0.188 e. The number of carbonyl (C=O) groups excluding carboxylic acids is 1. The van der Waals surface area contributed by atoms with Crippen LogP contribution in [0.3, 0.4) is 0 Å². The summed E-state index contributed by atoms with van der Waals surface area (Å²) < 4.78 is 22.2. The van der Waals surface area contributed by atoms with Crippen LogP contribution in [0.5, 0.6) is 0 Å². The minimum absolute atomic E-state index is 0.0804. The van der Waals surface area contributed by atoms with Crippen molar-refractivity contribution < 1.29 is 18.3 Å². The zero-order valence-corrected chi connectivity index (χ0v) is 8.41. The van der Waals surface area contributed by atoms with Crippen LogP contribution in [0.25, 0.3) is 0 Å². The van der Waals surface area contributed by atoms with Gasteiger partial charge in [-0.05, 0) is 12.1 Å². The van der Waals surface area contributed by atoms with Crippen LogP contribution in [0.4, 0.5) is 0 Å². The van der Waals surface area contributed by atoms with E-state index in [0.717, 1.165) is 6.26 Å². The molecular formula is C9H10O4S. The van der Waals surface area contributed by atoms with Gasteiger partial charge in [0.05, 0.1) is 4.90 Å². The van der Waals surface area contributed by atoms with Gasteiger partial charge in [0.25, 0.3) is 0 Å². The van der Waals surface area contributed by atoms with Crippen LogP contribution in [-0.2, 0) is 9.84 Å². The molecule has 4 nitrogen and oxygen atoms in total. The first-order valence-corrected chi connectivity index (χ1v) is 5.78. The van der Waals surface area contributed by atoms with E-state index in [1.54, 1.807) is 0 Å². The lowest BCUT2D eigenvalue weighted by Gasteiger charge is -2.00. The Morgan fingerprint density at radius 1 is 1.43 bits per heavy atom. The van der Waals surface area contributed by atoms with Crippen LogP contribution in [0.2, 0.25) is 0 Å². The lowest BCUT2D eigenvalue weighted by molar-refractivity contribution is 0.0903. The van der Waals surface area contributed by atoms with Crippen LogP contribution >= 0.6 is 0 Å². The molecule has 0 aliphatic heterocycles. The van der Waals surface area contributed by atoms with Crippen LogP contribution in [0.1, 0.15) is 10.4 Å². The van der Waals surface area contributed by atoms with Crippen LogP contribution in [-0.4, -0.2) is 32.2 Å². The molecule has 1 rings (SSSR count). The lowest BCUT2D eigenvalue weighted by atomic mass is 10.1. The number of carbonyl (C=O) groups is 1. The van der Waals surface area contributed by atoms with Gasteiger partial charge in [-0.25, -0.2) is 8.42 Å². The maximum absolute atomic E-state index is 11.1. The molecule has 0 unspecified atom stereocenters. The van der Waals surface area contributed by atoms with E-state index in [1.165, 1.54) is 24.3 Å². The summed E-state index contributed by atoms with van der Waals surface area (Å²) >= 11 is 0. The van der Waals surface area contributed by atoms with Gasteiger partial charge in [-0.15, -0.1) is 0 Å². The van der Waals surface area contributed by atoms with Crippen molar-refractivity contribution in [2.45, 2.75) is 4.90 Å². The van der Waals surface area contributed by atoms with Gasteiger partial charge >= 0.3 is 0 Å². The molecular weight excluding hydrogens is 204 g/mol. The number of sulfone groups is 1. The van der Waals surface area contributed by atoms with Crippen molar-refractivity contribution in [2.75, 3.05) is 12.9 Å². The van der Waals surface area contributed by atoms with E-state index in [2.05, 4.69) is 0 Å². The van der Waals surface area contributed by atoms with Crippen LogP contribution < -0.4 is 0 Å². The molecule has 0 amide bonds. The Balaban J connectivity index is 3.21. The van der Waals surface area contributed by atoms with E-state index >= 15 is 0 Å². The largest absolute Gasteiger partial charge is 0.388 e. The van der Waals surface area contributed by atoms with Crippen molar-refractivity contribution in [3.63, 3.8) is 0 Å². The van der Waals surface area contributed by atoms with Crippen LogP contribution in [0.15, 0.2) is 29.2 Å². The first kappa shape index (κ1) is 10.9. The lowest BCUT2D eigenvalue weighted by Crippen LogP contribution is -2.06. The van der Waals surface area contributed by atoms with E-state index in [4.69, 9.17) is 5.11 Å². The van der Waals surface area contributed by atoms with Gasteiger partial charge in [0.1, 0.15) is 6.61 Å². The Labute approximate surface area is 82.1 Å². The number of aliphatic hydroxyl groups excluding tert-OH is 1. The Kier molecular flexibility index (Phi) is 3.03. The predicted octanol–water partition coefficient (Wildman–Crippen LogP) is 0.265. The van der Waals surface area contributed by atoms with Crippen molar-refractivity contribution in [1.29, 1.82) is 0 Å². The summed E-state index contributed by atoms with van der Waals surface area (Å²) in [7, 11) is -3.30. The normalized spacial score (nSPS) is 11.3. The van der Waals surface area contributed by atoms with Crippen molar-refractivity contribution in [2.24, 2.45) is 0 Å². The molecule has 0 saturated carbocycles. The Morgan fingerprint density at radius 3 is 2.57 bits per heavy atom. The molecule has 0 aliphatic carbocycles. The van der Waals surface area contributed by atoms with Crippen molar-refractivity contribution >= 4 is 15.6 Å². The number of hydrogen-bond acceptors (Lipinski definition) is 4. The highest BCUT2D eigenvalue weighted by molar-refractivity contribution is 7.90. The molecule has 1 aromatic rings. The van der Waals surface area contributed by atoms with Gasteiger partial charge in [0, 0.05) is 11.8 Å². The smallest absolute Gasteiger partial charge is 0.188 e. The SMILES string of the molecule is CS(=O)(=O)c1cccc(C(=O)CO)c1. The van der Waals surface area contributed by atoms with Gasteiger partial charge < -0.3 is 5.11 Å². The number of hydrogen-bond donors (Lipinski definition) is 1. The van der Waals surface area contributed by atoms with E-state index in [9.17, 15) is 13.2 Å². The molecule has 1 N–H and O–H groups in total. The number of ketones is 1. The third kappa shape index (κ3) is 2.40. The molecule has 14 heavy (non-hydrogen) atoms. The molecule has 0 heterocycles. The molecule has 0 saturated heterocycles. The number of rotatable bonds is 3. The topological polar surface area (TPSA) is 71.4 Å². The molecule has 5 heteroatoms. The highest BCUT2D eigenvalue weighted by atomic mass is 32.2. The second kappa shape index (κ2) is 3.89. The monoisotopic (exact) mass is 214 g/mol. The summed E-state index contributed by atoms with van der Waals surface area (Å²) in [6, 6.07) is 5.60. The highest BCUT2D eigenvalue weighted by Gasteiger charge is 2.10. The summed E-state index contributed by atoms with van der Waals surface area (Å²) in [4.78, 5) is 11.1. The van der Waals surface area contributed by atoms with Gasteiger partial charge in [-0.1, -0.05) is 12.1 Å². The average Bonchev–Trinajstić information content (AvgIpc) is 2.15. The average molecular weight is 214 g/mol. The van der Waals surface area contributed by atoms with E-state index in [0.29, 0.717) is 0 Å². The summed E-state index contributed by atoms with van der Waals surface area (Å²) in [6.07, 6.45) is 1.07. The van der Waals surface area contributed by atoms with Gasteiger partial charge in [0.2, 0.25) is 0 Å². The van der Waals surface area contributed by atoms with Gasteiger partial charge in [-0.3, -0.25) is 4.79 Å². The molecule has 1 aromatic carbocycles. The minimum atomic E-state index is -3.30. The fraction of sp³-hybridized carbons (Fsp3) is 0.222. The molecule has 0 fully saturated rings. The Morgan fingerprint density at radius 2 is 2.07 bits per heavy atom. The zero-order valence-electron chi connectivity index (χ0n) is 7.60. The standard InChI is InChI=1S/C9H10O4S/c1-14(12,13)8-4-2-3-7(5-8)9(11)6-10/h2-5,10H,6H2,1H3. The van der Waals surface area contributed by atoms with E-state index in [-0.39, 0.29) is 10.5 Å².